The van der Waals surface area contributed by atoms with Gasteiger partial charge in [-0.15, -0.1) is 5.11 Å². The fourth-order valence-corrected chi connectivity index (χ4v) is 2.13. The molecule has 2 rings (SSSR count). The summed E-state index contributed by atoms with van der Waals surface area (Å²) in [6, 6.07) is 11.7. The number of phenolic OH excluding ortho intramolecular Hbond substituents is 1. The van der Waals surface area contributed by atoms with Crippen LogP contribution >= 0.6 is 0 Å². The fraction of sp³-hybridized carbons (Fsp3) is 0.316. The first-order valence-electron chi connectivity index (χ1n) is 8.15. The number of azo groups is 1. The molecule has 0 unspecified atom stereocenters. The third kappa shape index (κ3) is 5.50. The van der Waals surface area contributed by atoms with Crippen molar-refractivity contribution in [3.8, 4) is 11.5 Å². The van der Waals surface area contributed by atoms with Gasteiger partial charge in [0.15, 0.2) is 0 Å². The number of hydrogen-bond donors (Lipinski definition) is 1. The topological polar surface area (TPSA) is 71.2 Å². The summed E-state index contributed by atoms with van der Waals surface area (Å²) < 4.78 is 5.61. The third-order valence-corrected chi connectivity index (χ3v) is 3.52. The van der Waals surface area contributed by atoms with Gasteiger partial charge in [0.05, 0.1) is 12.3 Å². The number of rotatable bonds is 9. The van der Waals surface area contributed by atoms with Crippen LogP contribution in [0.4, 0.5) is 11.4 Å². The van der Waals surface area contributed by atoms with Crippen molar-refractivity contribution >= 4 is 17.7 Å². The molecule has 24 heavy (non-hydrogen) atoms. The van der Waals surface area contributed by atoms with Gasteiger partial charge in [-0.3, -0.25) is 4.79 Å². The highest BCUT2D eigenvalue weighted by molar-refractivity contribution is 5.75. The largest absolute Gasteiger partial charge is 0.505 e. The molecule has 2 aromatic rings. The standard InChI is InChI=1S/C19H22N2O3/c1-2-3-4-5-12-24-17-10-11-18(19(23)13-17)21-20-16-8-6-15(14-22)7-9-16/h6-11,13-14,23H,2-5,12H2,1H3. The molecule has 1 N–H and O–H groups in total. The lowest BCUT2D eigenvalue weighted by molar-refractivity contribution is 0.112. The molecule has 2 aromatic carbocycles. The molecule has 0 aliphatic carbocycles. The van der Waals surface area contributed by atoms with E-state index in [-0.39, 0.29) is 5.75 Å². The molecule has 0 aliphatic rings. The maximum Gasteiger partial charge on any atom is 0.150 e. The summed E-state index contributed by atoms with van der Waals surface area (Å²) in [4.78, 5) is 10.6. The van der Waals surface area contributed by atoms with Crippen molar-refractivity contribution in [1.29, 1.82) is 0 Å². The van der Waals surface area contributed by atoms with E-state index in [9.17, 15) is 9.90 Å². The smallest absolute Gasteiger partial charge is 0.150 e. The molecule has 0 bridgehead atoms. The maximum atomic E-state index is 10.6. The summed E-state index contributed by atoms with van der Waals surface area (Å²) in [5.74, 6) is 0.646. The maximum absolute atomic E-state index is 10.6. The van der Waals surface area contributed by atoms with Crippen molar-refractivity contribution in [2.45, 2.75) is 32.6 Å². The Morgan fingerprint density at radius 3 is 2.50 bits per heavy atom. The van der Waals surface area contributed by atoms with E-state index in [1.165, 1.54) is 12.8 Å². The summed E-state index contributed by atoms with van der Waals surface area (Å²) in [6.07, 6.45) is 5.33. The van der Waals surface area contributed by atoms with Gasteiger partial charge in [0, 0.05) is 11.6 Å². The fourth-order valence-electron chi connectivity index (χ4n) is 2.13. The van der Waals surface area contributed by atoms with Crippen LogP contribution in [-0.4, -0.2) is 18.0 Å². The van der Waals surface area contributed by atoms with E-state index in [0.717, 1.165) is 19.1 Å². The zero-order valence-electron chi connectivity index (χ0n) is 13.8. The van der Waals surface area contributed by atoms with Gasteiger partial charge in [-0.25, -0.2) is 0 Å². The predicted molar refractivity (Wildman–Crippen MR) is 93.7 cm³/mol. The average Bonchev–Trinajstić information content (AvgIpc) is 2.61. The molecule has 0 spiro atoms. The van der Waals surface area contributed by atoms with Crippen LogP contribution < -0.4 is 4.74 Å². The van der Waals surface area contributed by atoms with Gasteiger partial charge in [0.2, 0.25) is 0 Å². The van der Waals surface area contributed by atoms with Gasteiger partial charge < -0.3 is 9.84 Å². The van der Waals surface area contributed by atoms with Crippen molar-refractivity contribution in [3.63, 3.8) is 0 Å². The predicted octanol–water partition coefficient (Wildman–Crippen LogP) is 5.58. The Hall–Kier alpha value is -2.69. The Morgan fingerprint density at radius 1 is 1.04 bits per heavy atom. The molecule has 0 radical (unpaired) electrons. The van der Waals surface area contributed by atoms with Crippen molar-refractivity contribution in [1.82, 2.24) is 0 Å². The van der Waals surface area contributed by atoms with Gasteiger partial charge in [0.25, 0.3) is 0 Å². The first-order valence-corrected chi connectivity index (χ1v) is 8.15. The molecule has 0 fully saturated rings. The molecule has 126 valence electrons. The molecule has 5 heteroatoms. The Balaban J connectivity index is 1.93. The number of ether oxygens (including phenoxy) is 1. The van der Waals surface area contributed by atoms with Crippen LogP contribution in [0.15, 0.2) is 52.7 Å². The van der Waals surface area contributed by atoms with Crippen LogP contribution in [0.2, 0.25) is 0 Å². The van der Waals surface area contributed by atoms with E-state index < -0.39 is 0 Å². The van der Waals surface area contributed by atoms with Gasteiger partial charge in [0.1, 0.15) is 23.5 Å². The summed E-state index contributed by atoms with van der Waals surface area (Å²) >= 11 is 0. The highest BCUT2D eigenvalue weighted by Gasteiger charge is 2.03. The molecular formula is C19H22N2O3. The molecule has 0 saturated carbocycles. The van der Waals surface area contributed by atoms with Crippen molar-refractivity contribution < 1.29 is 14.6 Å². The van der Waals surface area contributed by atoms with Crippen LogP contribution in [0.3, 0.4) is 0 Å². The molecule has 0 heterocycles. The van der Waals surface area contributed by atoms with Crippen LogP contribution in [0.5, 0.6) is 11.5 Å². The van der Waals surface area contributed by atoms with Crippen molar-refractivity contribution in [2.24, 2.45) is 10.2 Å². The van der Waals surface area contributed by atoms with Crippen LogP contribution in [0, 0.1) is 0 Å². The number of phenols is 1. The van der Waals surface area contributed by atoms with Crippen molar-refractivity contribution in [3.05, 3.63) is 48.0 Å². The highest BCUT2D eigenvalue weighted by Crippen LogP contribution is 2.31. The lowest BCUT2D eigenvalue weighted by Gasteiger charge is -2.07. The van der Waals surface area contributed by atoms with E-state index >= 15 is 0 Å². The van der Waals surface area contributed by atoms with Crippen LogP contribution in [0.1, 0.15) is 43.0 Å². The van der Waals surface area contributed by atoms with Gasteiger partial charge >= 0.3 is 0 Å². The summed E-state index contributed by atoms with van der Waals surface area (Å²) in [5, 5.41) is 18.1. The third-order valence-electron chi connectivity index (χ3n) is 3.52. The van der Waals surface area contributed by atoms with Gasteiger partial charge in [-0.05, 0) is 42.8 Å². The SMILES string of the molecule is CCCCCCOc1ccc(N=Nc2ccc(C=O)cc2)c(O)c1. The van der Waals surface area contributed by atoms with Crippen molar-refractivity contribution in [2.75, 3.05) is 6.61 Å². The molecular weight excluding hydrogens is 304 g/mol. The second-order valence-electron chi connectivity index (χ2n) is 5.47. The second kappa shape index (κ2) is 9.45. The van der Waals surface area contributed by atoms with E-state index in [4.69, 9.17) is 4.74 Å². The molecule has 0 atom stereocenters. The molecule has 0 amide bonds. The Morgan fingerprint density at radius 2 is 1.83 bits per heavy atom. The summed E-state index contributed by atoms with van der Waals surface area (Å²) in [7, 11) is 0. The first-order chi connectivity index (χ1) is 11.7. The number of benzene rings is 2. The molecule has 0 aromatic heterocycles. The van der Waals surface area contributed by atoms with Crippen LogP contribution in [-0.2, 0) is 0 Å². The number of aldehydes is 1. The zero-order chi connectivity index (χ0) is 17.2. The number of carbonyl (C=O) groups is 1. The number of unbranched alkanes of at least 4 members (excludes halogenated alkanes) is 3. The number of carbonyl (C=O) groups excluding carboxylic acids is 1. The molecule has 0 aliphatic heterocycles. The monoisotopic (exact) mass is 326 g/mol. The van der Waals surface area contributed by atoms with E-state index in [0.29, 0.717) is 29.3 Å². The number of aromatic hydroxyl groups is 1. The van der Waals surface area contributed by atoms with Gasteiger partial charge in [-0.1, -0.05) is 26.2 Å². The lowest BCUT2D eigenvalue weighted by Crippen LogP contribution is -1.96. The summed E-state index contributed by atoms with van der Waals surface area (Å²) in [5.41, 5.74) is 1.56. The Kier molecular flexibility index (Phi) is 6.95. The molecule has 0 saturated heterocycles. The minimum atomic E-state index is 0.0225. The number of hydrogen-bond acceptors (Lipinski definition) is 5. The quantitative estimate of drug-likeness (QED) is 0.371. The minimum absolute atomic E-state index is 0.0225. The molecule has 5 nitrogen and oxygen atoms in total. The number of nitrogens with zero attached hydrogens (tertiary/aromatic N) is 2. The second-order valence-corrected chi connectivity index (χ2v) is 5.47. The van der Waals surface area contributed by atoms with Crippen LogP contribution in [0.25, 0.3) is 0 Å². The minimum Gasteiger partial charge on any atom is -0.505 e. The van der Waals surface area contributed by atoms with Gasteiger partial charge in [-0.2, -0.15) is 5.11 Å². The first kappa shape index (κ1) is 17.7. The van der Waals surface area contributed by atoms with E-state index in [1.54, 1.807) is 42.5 Å². The van der Waals surface area contributed by atoms with E-state index in [1.807, 2.05) is 0 Å². The normalized spacial score (nSPS) is 10.9. The lowest BCUT2D eigenvalue weighted by atomic mass is 10.2. The Labute approximate surface area is 142 Å². The summed E-state index contributed by atoms with van der Waals surface area (Å²) in [6.45, 7) is 2.81. The average molecular weight is 326 g/mol. The highest BCUT2D eigenvalue weighted by atomic mass is 16.5. The zero-order valence-corrected chi connectivity index (χ0v) is 13.8. The Bertz CT molecular complexity index is 682. The van der Waals surface area contributed by atoms with E-state index in [2.05, 4.69) is 17.2 Å².